The molecule has 1 unspecified atom stereocenters. The Morgan fingerprint density at radius 2 is 1.64 bits per heavy atom. The SMILES string of the molecule is COC(=O)c1ccc(N2CCN(CC(=O)Nc3ccccc3-c3ccccc3)C(C)C2)cc1. The predicted molar refractivity (Wildman–Crippen MR) is 132 cm³/mol. The lowest BCUT2D eigenvalue weighted by molar-refractivity contribution is -0.117. The molecule has 1 heterocycles. The highest BCUT2D eigenvalue weighted by Gasteiger charge is 2.26. The van der Waals surface area contributed by atoms with Crippen LogP contribution in [0, 0.1) is 0 Å². The molecule has 1 aliphatic rings. The molecule has 0 radical (unpaired) electrons. The largest absolute Gasteiger partial charge is 0.465 e. The van der Waals surface area contributed by atoms with Gasteiger partial charge in [-0.3, -0.25) is 9.69 Å². The van der Waals surface area contributed by atoms with Crippen LogP contribution in [0.15, 0.2) is 78.9 Å². The van der Waals surface area contributed by atoms with Gasteiger partial charge >= 0.3 is 5.97 Å². The summed E-state index contributed by atoms with van der Waals surface area (Å²) in [6, 6.07) is 25.6. The summed E-state index contributed by atoms with van der Waals surface area (Å²) in [6.45, 7) is 4.90. The Labute approximate surface area is 194 Å². The number of nitrogens with zero attached hydrogens (tertiary/aromatic N) is 2. The molecule has 1 amide bonds. The van der Waals surface area contributed by atoms with Crippen LogP contribution in [-0.4, -0.2) is 56.1 Å². The molecule has 1 fully saturated rings. The van der Waals surface area contributed by atoms with E-state index >= 15 is 0 Å². The molecule has 4 rings (SSSR count). The smallest absolute Gasteiger partial charge is 0.337 e. The van der Waals surface area contributed by atoms with Crippen LogP contribution in [0.5, 0.6) is 0 Å². The highest BCUT2D eigenvalue weighted by Crippen LogP contribution is 2.27. The topological polar surface area (TPSA) is 61.9 Å². The van der Waals surface area contributed by atoms with Gasteiger partial charge < -0.3 is 15.0 Å². The summed E-state index contributed by atoms with van der Waals surface area (Å²) < 4.78 is 4.77. The second kappa shape index (κ2) is 10.3. The van der Waals surface area contributed by atoms with Crippen molar-refractivity contribution in [1.82, 2.24) is 4.90 Å². The van der Waals surface area contributed by atoms with Gasteiger partial charge in [-0.25, -0.2) is 4.79 Å². The zero-order valence-electron chi connectivity index (χ0n) is 19.0. The van der Waals surface area contributed by atoms with Crippen molar-refractivity contribution in [2.24, 2.45) is 0 Å². The number of carbonyl (C=O) groups is 2. The van der Waals surface area contributed by atoms with Crippen LogP contribution in [0.3, 0.4) is 0 Å². The van der Waals surface area contributed by atoms with Crippen LogP contribution in [0.4, 0.5) is 11.4 Å². The van der Waals surface area contributed by atoms with Crippen LogP contribution in [-0.2, 0) is 9.53 Å². The minimum absolute atomic E-state index is 0.0129. The fourth-order valence-electron chi connectivity index (χ4n) is 4.23. The number of amides is 1. The summed E-state index contributed by atoms with van der Waals surface area (Å²) in [5, 5.41) is 3.10. The minimum Gasteiger partial charge on any atom is -0.465 e. The number of piperazine rings is 1. The lowest BCUT2D eigenvalue weighted by atomic mass is 10.0. The van der Waals surface area contributed by atoms with E-state index in [0.29, 0.717) is 12.1 Å². The second-order valence-corrected chi connectivity index (χ2v) is 8.26. The number of carbonyl (C=O) groups excluding carboxylic acids is 2. The molecular formula is C27H29N3O3. The number of methoxy groups -OCH3 is 1. The standard InChI is InChI=1S/C27H29N3O3/c1-20-18-30(23-14-12-22(13-15-23)27(32)33-2)17-16-29(20)19-26(31)28-25-11-7-6-10-24(25)21-8-4-3-5-9-21/h3-15,20H,16-19H2,1-2H3,(H,28,31). The van der Waals surface area contributed by atoms with Gasteiger partial charge in [0.25, 0.3) is 0 Å². The van der Waals surface area contributed by atoms with Crippen LogP contribution >= 0.6 is 0 Å². The maximum atomic E-state index is 12.9. The highest BCUT2D eigenvalue weighted by molar-refractivity contribution is 5.96. The predicted octanol–water partition coefficient (Wildman–Crippen LogP) is 4.29. The Hall–Kier alpha value is -3.64. The van der Waals surface area contributed by atoms with E-state index in [1.807, 2.05) is 66.7 Å². The third-order valence-corrected chi connectivity index (χ3v) is 6.05. The molecule has 0 aliphatic carbocycles. The Morgan fingerprint density at radius 1 is 0.939 bits per heavy atom. The molecule has 1 N–H and O–H groups in total. The average molecular weight is 444 g/mol. The minimum atomic E-state index is -0.334. The number of benzene rings is 3. The molecule has 0 spiro atoms. The molecule has 1 aliphatic heterocycles. The summed E-state index contributed by atoms with van der Waals surface area (Å²) >= 11 is 0. The molecular weight excluding hydrogens is 414 g/mol. The average Bonchev–Trinajstić information content (AvgIpc) is 2.86. The van der Waals surface area contributed by atoms with Crippen molar-refractivity contribution in [2.45, 2.75) is 13.0 Å². The van der Waals surface area contributed by atoms with E-state index in [9.17, 15) is 9.59 Å². The number of hydrogen-bond donors (Lipinski definition) is 1. The quantitative estimate of drug-likeness (QED) is 0.576. The fourth-order valence-corrected chi connectivity index (χ4v) is 4.23. The number of hydrogen-bond acceptors (Lipinski definition) is 5. The van der Waals surface area contributed by atoms with Gasteiger partial charge in [-0.15, -0.1) is 0 Å². The summed E-state index contributed by atoms with van der Waals surface area (Å²) in [4.78, 5) is 29.0. The summed E-state index contributed by atoms with van der Waals surface area (Å²) in [5.41, 5.74) is 4.52. The first kappa shape index (κ1) is 22.6. The molecule has 6 nitrogen and oxygen atoms in total. The Morgan fingerprint density at radius 3 is 2.33 bits per heavy atom. The Balaban J connectivity index is 1.36. The van der Waals surface area contributed by atoms with Crippen molar-refractivity contribution in [3.8, 4) is 11.1 Å². The lowest BCUT2D eigenvalue weighted by Gasteiger charge is -2.40. The first-order valence-electron chi connectivity index (χ1n) is 11.2. The van der Waals surface area contributed by atoms with Crippen molar-refractivity contribution in [3.05, 3.63) is 84.4 Å². The number of nitrogens with one attached hydrogen (secondary N) is 1. The zero-order chi connectivity index (χ0) is 23.2. The van der Waals surface area contributed by atoms with Crippen molar-refractivity contribution in [2.75, 3.05) is 43.5 Å². The van der Waals surface area contributed by atoms with Crippen molar-refractivity contribution < 1.29 is 14.3 Å². The summed E-state index contributed by atoms with van der Waals surface area (Å²) in [6.07, 6.45) is 0. The van der Waals surface area contributed by atoms with E-state index in [2.05, 4.69) is 22.0 Å². The number of para-hydroxylation sites is 1. The highest BCUT2D eigenvalue weighted by atomic mass is 16.5. The van der Waals surface area contributed by atoms with Gasteiger partial charge in [0, 0.05) is 42.6 Å². The fraction of sp³-hybridized carbons (Fsp3) is 0.259. The number of ether oxygens (including phenoxy) is 1. The van der Waals surface area contributed by atoms with E-state index in [1.165, 1.54) is 7.11 Å². The second-order valence-electron chi connectivity index (χ2n) is 8.26. The molecule has 3 aromatic rings. The van der Waals surface area contributed by atoms with Gasteiger partial charge in [-0.05, 0) is 42.8 Å². The van der Waals surface area contributed by atoms with Crippen LogP contribution in [0.25, 0.3) is 11.1 Å². The van der Waals surface area contributed by atoms with Gasteiger partial charge in [-0.2, -0.15) is 0 Å². The number of anilines is 2. The molecule has 33 heavy (non-hydrogen) atoms. The van der Waals surface area contributed by atoms with E-state index in [-0.39, 0.29) is 17.9 Å². The van der Waals surface area contributed by atoms with E-state index < -0.39 is 0 Å². The van der Waals surface area contributed by atoms with Gasteiger partial charge in [-0.1, -0.05) is 48.5 Å². The molecule has 6 heteroatoms. The molecule has 0 saturated carbocycles. The molecule has 1 atom stereocenters. The van der Waals surface area contributed by atoms with Crippen LogP contribution in [0.2, 0.25) is 0 Å². The first-order chi connectivity index (χ1) is 16.0. The maximum Gasteiger partial charge on any atom is 0.337 e. The maximum absolute atomic E-state index is 12.9. The third kappa shape index (κ3) is 5.41. The van der Waals surface area contributed by atoms with Gasteiger partial charge in [0.2, 0.25) is 5.91 Å². The van der Waals surface area contributed by atoms with Gasteiger partial charge in [0.1, 0.15) is 0 Å². The molecule has 170 valence electrons. The van der Waals surface area contributed by atoms with Crippen LogP contribution in [0.1, 0.15) is 17.3 Å². The molecule has 0 aromatic heterocycles. The van der Waals surface area contributed by atoms with Crippen molar-refractivity contribution in [3.63, 3.8) is 0 Å². The van der Waals surface area contributed by atoms with Crippen molar-refractivity contribution >= 4 is 23.3 Å². The van der Waals surface area contributed by atoms with E-state index in [1.54, 1.807) is 12.1 Å². The van der Waals surface area contributed by atoms with E-state index in [4.69, 9.17) is 4.74 Å². The first-order valence-corrected chi connectivity index (χ1v) is 11.2. The Bertz CT molecular complexity index is 1100. The van der Waals surface area contributed by atoms with Crippen LogP contribution < -0.4 is 10.2 Å². The number of rotatable bonds is 6. The summed E-state index contributed by atoms with van der Waals surface area (Å²) in [7, 11) is 1.38. The number of esters is 1. The third-order valence-electron chi connectivity index (χ3n) is 6.05. The van der Waals surface area contributed by atoms with Crippen molar-refractivity contribution in [1.29, 1.82) is 0 Å². The molecule has 0 bridgehead atoms. The lowest BCUT2D eigenvalue weighted by Crippen LogP contribution is -2.53. The normalized spacial score (nSPS) is 16.3. The van der Waals surface area contributed by atoms with Gasteiger partial charge in [0.15, 0.2) is 0 Å². The monoisotopic (exact) mass is 443 g/mol. The molecule has 1 saturated heterocycles. The zero-order valence-corrected chi connectivity index (χ0v) is 19.0. The van der Waals surface area contributed by atoms with Gasteiger partial charge in [0.05, 0.1) is 19.2 Å². The van der Waals surface area contributed by atoms with E-state index in [0.717, 1.165) is 42.1 Å². The molecule has 3 aromatic carbocycles. The summed E-state index contributed by atoms with van der Waals surface area (Å²) in [5.74, 6) is -0.347. The Kier molecular flexibility index (Phi) is 7.05.